The molecule has 0 heterocycles. The first-order valence-electron chi connectivity index (χ1n) is 12.0. The standard InChI is InChI=1S/C29H33ClN2O3/c1-3-4-16-31-29(34)27(18-23-11-6-5-7-12-23)32(20-24-13-8-10-22(2)17-24)28(33)21-35-26-15-9-14-25(30)19-26/h5-15,17,19,27H,3-4,16,18,20-21H2,1-2H3,(H,31,34). The van der Waals surface area contributed by atoms with Gasteiger partial charge in [-0.15, -0.1) is 0 Å². The van der Waals surface area contributed by atoms with E-state index in [0.29, 0.717) is 30.3 Å². The predicted molar refractivity (Wildman–Crippen MR) is 141 cm³/mol. The molecule has 35 heavy (non-hydrogen) atoms. The lowest BCUT2D eigenvalue weighted by molar-refractivity contribution is -0.142. The van der Waals surface area contributed by atoms with Crippen LogP contribution in [0.25, 0.3) is 0 Å². The Balaban J connectivity index is 1.88. The molecule has 1 atom stereocenters. The van der Waals surface area contributed by atoms with E-state index in [0.717, 1.165) is 29.5 Å². The van der Waals surface area contributed by atoms with Crippen LogP contribution in [0, 0.1) is 6.92 Å². The average Bonchev–Trinajstić information content (AvgIpc) is 2.85. The van der Waals surface area contributed by atoms with Gasteiger partial charge < -0.3 is 15.0 Å². The molecule has 184 valence electrons. The van der Waals surface area contributed by atoms with Crippen LogP contribution in [0.1, 0.15) is 36.5 Å². The number of hydrogen-bond acceptors (Lipinski definition) is 3. The molecule has 0 bridgehead atoms. The van der Waals surface area contributed by atoms with E-state index < -0.39 is 6.04 Å². The number of rotatable bonds is 12. The first-order chi connectivity index (χ1) is 17.0. The maximum Gasteiger partial charge on any atom is 0.261 e. The average molecular weight is 493 g/mol. The number of hydrogen-bond donors (Lipinski definition) is 1. The highest BCUT2D eigenvalue weighted by molar-refractivity contribution is 6.30. The third-order valence-electron chi connectivity index (χ3n) is 5.69. The van der Waals surface area contributed by atoms with Gasteiger partial charge in [0.1, 0.15) is 11.8 Å². The Morgan fingerprint density at radius 3 is 2.43 bits per heavy atom. The maximum atomic E-state index is 13.5. The predicted octanol–water partition coefficient (Wildman–Crippen LogP) is 5.58. The molecule has 2 amide bonds. The fraction of sp³-hybridized carbons (Fsp3) is 0.310. The zero-order valence-electron chi connectivity index (χ0n) is 20.4. The number of benzene rings is 3. The van der Waals surface area contributed by atoms with Crippen molar-refractivity contribution in [3.63, 3.8) is 0 Å². The molecule has 0 saturated heterocycles. The Labute approximate surface area is 213 Å². The zero-order chi connectivity index (χ0) is 25.0. The van der Waals surface area contributed by atoms with E-state index in [9.17, 15) is 9.59 Å². The van der Waals surface area contributed by atoms with E-state index in [1.807, 2.05) is 61.5 Å². The summed E-state index contributed by atoms with van der Waals surface area (Å²) in [6.07, 6.45) is 2.27. The topological polar surface area (TPSA) is 58.6 Å². The van der Waals surface area contributed by atoms with Gasteiger partial charge in [-0.1, -0.05) is 91.2 Å². The number of amides is 2. The zero-order valence-corrected chi connectivity index (χ0v) is 21.1. The van der Waals surface area contributed by atoms with Crippen LogP contribution >= 0.6 is 11.6 Å². The molecule has 5 nitrogen and oxygen atoms in total. The number of ether oxygens (including phenoxy) is 1. The number of nitrogens with one attached hydrogen (secondary N) is 1. The fourth-order valence-corrected chi connectivity index (χ4v) is 4.03. The van der Waals surface area contributed by atoms with Gasteiger partial charge in [0.25, 0.3) is 5.91 Å². The Bertz CT molecular complexity index is 1100. The molecule has 3 aromatic carbocycles. The van der Waals surface area contributed by atoms with Gasteiger partial charge in [0, 0.05) is 24.5 Å². The smallest absolute Gasteiger partial charge is 0.261 e. The number of carbonyl (C=O) groups is 2. The van der Waals surface area contributed by atoms with Gasteiger partial charge in [-0.25, -0.2) is 0 Å². The van der Waals surface area contributed by atoms with Crippen LogP contribution in [0.5, 0.6) is 5.75 Å². The quantitative estimate of drug-likeness (QED) is 0.335. The highest BCUT2D eigenvalue weighted by atomic mass is 35.5. The summed E-state index contributed by atoms with van der Waals surface area (Å²) in [5.41, 5.74) is 3.04. The molecule has 3 rings (SSSR count). The summed E-state index contributed by atoms with van der Waals surface area (Å²) in [4.78, 5) is 28.6. The van der Waals surface area contributed by atoms with Crippen molar-refractivity contribution in [1.82, 2.24) is 10.2 Å². The second-order valence-electron chi connectivity index (χ2n) is 8.61. The molecule has 3 aromatic rings. The van der Waals surface area contributed by atoms with E-state index in [4.69, 9.17) is 16.3 Å². The molecule has 0 aliphatic carbocycles. The lowest BCUT2D eigenvalue weighted by atomic mass is 10.0. The van der Waals surface area contributed by atoms with Gasteiger partial charge in [0.05, 0.1) is 0 Å². The Morgan fingerprint density at radius 1 is 0.971 bits per heavy atom. The molecule has 1 N–H and O–H groups in total. The molecular weight excluding hydrogens is 460 g/mol. The van der Waals surface area contributed by atoms with Gasteiger partial charge in [-0.2, -0.15) is 0 Å². The summed E-state index contributed by atoms with van der Waals surface area (Å²) in [7, 11) is 0. The van der Waals surface area contributed by atoms with Crippen molar-refractivity contribution >= 4 is 23.4 Å². The molecule has 6 heteroatoms. The van der Waals surface area contributed by atoms with Crippen LogP contribution in [0.3, 0.4) is 0 Å². The van der Waals surface area contributed by atoms with E-state index >= 15 is 0 Å². The van der Waals surface area contributed by atoms with Crippen LogP contribution in [0.2, 0.25) is 5.02 Å². The van der Waals surface area contributed by atoms with Gasteiger partial charge in [0.2, 0.25) is 5.91 Å². The van der Waals surface area contributed by atoms with Crippen LogP contribution in [0.4, 0.5) is 0 Å². The van der Waals surface area contributed by atoms with Crippen molar-refractivity contribution in [3.8, 4) is 5.75 Å². The number of unbranched alkanes of at least 4 members (excludes halogenated alkanes) is 1. The Kier molecular flexibility index (Phi) is 10.2. The molecule has 0 fully saturated rings. The van der Waals surface area contributed by atoms with Crippen molar-refractivity contribution in [2.75, 3.05) is 13.2 Å². The van der Waals surface area contributed by atoms with E-state index in [1.165, 1.54) is 0 Å². The second kappa shape index (κ2) is 13.5. The molecule has 1 unspecified atom stereocenters. The van der Waals surface area contributed by atoms with Crippen molar-refractivity contribution < 1.29 is 14.3 Å². The van der Waals surface area contributed by atoms with Gasteiger partial charge in [-0.05, 0) is 42.7 Å². The van der Waals surface area contributed by atoms with Crippen molar-refractivity contribution in [1.29, 1.82) is 0 Å². The fourth-order valence-electron chi connectivity index (χ4n) is 3.85. The summed E-state index contributed by atoms with van der Waals surface area (Å²) in [6.45, 7) is 4.77. The number of nitrogens with zero attached hydrogens (tertiary/aromatic N) is 1. The van der Waals surface area contributed by atoms with E-state index in [-0.39, 0.29) is 18.4 Å². The highest BCUT2D eigenvalue weighted by Crippen LogP contribution is 2.19. The van der Waals surface area contributed by atoms with Crippen LogP contribution in [-0.2, 0) is 22.6 Å². The van der Waals surface area contributed by atoms with Crippen LogP contribution < -0.4 is 10.1 Å². The van der Waals surface area contributed by atoms with Gasteiger partial charge >= 0.3 is 0 Å². The SMILES string of the molecule is CCCCNC(=O)C(Cc1ccccc1)N(Cc1cccc(C)c1)C(=O)COc1cccc(Cl)c1. The van der Waals surface area contributed by atoms with Crippen molar-refractivity contribution in [2.45, 2.75) is 45.7 Å². The summed E-state index contributed by atoms with van der Waals surface area (Å²) < 4.78 is 5.76. The minimum atomic E-state index is -0.676. The lowest BCUT2D eigenvalue weighted by Crippen LogP contribution is -2.51. The minimum absolute atomic E-state index is 0.161. The third kappa shape index (κ3) is 8.45. The molecule has 0 aliphatic heterocycles. The first-order valence-corrected chi connectivity index (χ1v) is 12.4. The lowest BCUT2D eigenvalue weighted by Gasteiger charge is -2.31. The largest absolute Gasteiger partial charge is 0.484 e. The summed E-state index contributed by atoms with van der Waals surface area (Å²) in [6, 6.07) is 24.0. The normalized spacial score (nSPS) is 11.5. The van der Waals surface area contributed by atoms with E-state index in [1.54, 1.807) is 29.2 Å². The second-order valence-corrected chi connectivity index (χ2v) is 9.04. The number of aryl methyl sites for hydroxylation is 1. The maximum absolute atomic E-state index is 13.5. The van der Waals surface area contributed by atoms with Crippen molar-refractivity contribution in [3.05, 3.63) is 101 Å². The number of halogens is 1. The first kappa shape index (κ1) is 26.3. The van der Waals surface area contributed by atoms with E-state index in [2.05, 4.69) is 12.2 Å². The summed E-state index contributed by atoms with van der Waals surface area (Å²) >= 11 is 6.06. The molecule has 0 saturated carbocycles. The summed E-state index contributed by atoms with van der Waals surface area (Å²) in [5, 5.41) is 3.56. The Morgan fingerprint density at radius 2 is 1.71 bits per heavy atom. The third-order valence-corrected chi connectivity index (χ3v) is 5.93. The van der Waals surface area contributed by atoms with Gasteiger partial charge in [0.15, 0.2) is 6.61 Å². The molecule has 0 spiro atoms. The van der Waals surface area contributed by atoms with Crippen molar-refractivity contribution in [2.24, 2.45) is 0 Å². The molecular formula is C29H33ClN2O3. The highest BCUT2D eigenvalue weighted by Gasteiger charge is 2.30. The molecule has 0 aliphatic rings. The molecule has 0 radical (unpaired) electrons. The van der Waals surface area contributed by atoms with Crippen LogP contribution in [-0.4, -0.2) is 35.9 Å². The minimum Gasteiger partial charge on any atom is -0.484 e. The monoisotopic (exact) mass is 492 g/mol. The number of carbonyl (C=O) groups excluding carboxylic acids is 2. The van der Waals surface area contributed by atoms with Gasteiger partial charge in [-0.3, -0.25) is 9.59 Å². The Hall–Kier alpha value is -3.31. The summed E-state index contributed by atoms with van der Waals surface area (Å²) in [5.74, 6) is 0.0810. The van der Waals surface area contributed by atoms with Crippen LogP contribution in [0.15, 0.2) is 78.9 Å². The molecule has 0 aromatic heterocycles.